The van der Waals surface area contributed by atoms with Crippen LogP contribution in [-0.2, 0) is 0 Å². The molecule has 1 aromatic rings. The Morgan fingerprint density at radius 3 is 2.40 bits per heavy atom. The molecule has 0 aromatic heterocycles. The predicted molar refractivity (Wildman–Crippen MR) is 37.1 cm³/mol. The van der Waals surface area contributed by atoms with Crippen molar-refractivity contribution >= 4 is 5.91 Å². The van der Waals surface area contributed by atoms with Crippen LogP contribution in [0.5, 0.6) is 0 Å². The number of hydrogen-bond acceptors (Lipinski definition) is 2. The summed E-state index contributed by atoms with van der Waals surface area (Å²) in [4.78, 5) is 10.7. The van der Waals surface area contributed by atoms with Crippen molar-refractivity contribution in [3.8, 4) is 0 Å². The van der Waals surface area contributed by atoms with Gasteiger partial charge in [-0.25, -0.2) is 5.84 Å². The summed E-state index contributed by atoms with van der Waals surface area (Å²) in [6.07, 6.45) is 0. The Hall–Kier alpha value is -1.35. The summed E-state index contributed by atoms with van der Waals surface area (Å²) >= 11 is 0. The highest BCUT2D eigenvalue weighted by atomic mass is 16.2. The Balaban J connectivity index is 2.85. The lowest BCUT2D eigenvalue weighted by atomic mass is 10.2. The second kappa shape index (κ2) is 2.98. The summed E-state index contributed by atoms with van der Waals surface area (Å²) < 4.78 is 0. The van der Waals surface area contributed by atoms with Crippen molar-refractivity contribution in [1.29, 1.82) is 0 Å². The second-order valence-corrected chi connectivity index (χ2v) is 1.80. The van der Waals surface area contributed by atoms with Gasteiger partial charge in [0.15, 0.2) is 0 Å². The van der Waals surface area contributed by atoms with E-state index in [4.69, 9.17) is 5.84 Å². The van der Waals surface area contributed by atoms with Gasteiger partial charge in [-0.05, 0) is 12.1 Å². The van der Waals surface area contributed by atoms with Gasteiger partial charge < -0.3 is 0 Å². The minimum atomic E-state index is -0.388. The molecule has 0 aliphatic heterocycles. The molecule has 1 radical (unpaired) electrons. The lowest BCUT2D eigenvalue weighted by Crippen LogP contribution is -2.21. The number of carbonyl (C=O) groups excluding carboxylic acids is 1. The van der Waals surface area contributed by atoms with Gasteiger partial charge in [-0.1, -0.05) is 18.2 Å². The SMILES string of the molecule is N[N]C(=O)c1ccccc1. The van der Waals surface area contributed by atoms with E-state index in [1.165, 1.54) is 0 Å². The van der Waals surface area contributed by atoms with Crippen LogP contribution in [0.2, 0.25) is 0 Å². The maximum absolute atomic E-state index is 10.7. The maximum Gasteiger partial charge on any atom is 0.288 e. The van der Waals surface area contributed by atoms with Gasteiger partial charge in [0.1, 0.15) is 0 Å². The van der Waals surface area contributed by atoms with Crippen molar-refractivity contribution in [2.75, 3.05) is 0 Å². The topological polar surface area (TPSA) is 57.2 Å². The Labute approximate surface area is 58.8 Å². The first-order chi connectivity index (χ1) is 4.84. The largest absolute Gasteiger partial charge is 0.288 e. The highest BCUT2D eigenvalue weighted by Gasteiger charge is 2.00. The lowest BCUT2D eigenvalue weighted by molar-refractivity contribution is 0.0949. The van der Waals surface area contributed by atoms with E-state index in [1.807, 2.05) is 6.07 Å². The highest BCUT2D eigenvalue weighted by molar-refractivity contribution is 5.93. The minimum absolute atomic E-state index is 0.388. The molecular weight excluding hydrogens is 128 g/mol. The highest BCUT2D eigenvalue weighted by Crippen LogP contribution is 1.96. The Morgan fingerprint density at radius 1 is 1.30 bits per heavy atom. The number of carbonyl (C=O) groups is 1. The third kappa shape index (κ3) is 1.33. The van der Waals surface area contributed by atoms with Crippen molar-refractivity contribution in [1.82, 2.24) is 5.43 Å². The van der Waals surface area contributed by atoms with E-state index in [-0.39, 0.29) is 5.91 Å². The summed E-state index contributed by atoms with van der Waals surface area (Å²) in [5.74, 6) is 4.39. The molecule has 51 valence electrons. The van der Waals surface area contributed by atoms with Crippen molar-refractivity contribution in [2.24, 2.45) is 5.84 Å². The summed E-state index contributed by atoms with van der Waals surface area (Å²) in [5, 5.41) is 0. The van der Waals surface area contributed by atoms with E-state index in [0.29, 0.717) is 5.56 Å². The van der Waals surface area contributed by atoms with Crippen LogP contribution < -0.4 is 11.3 Å². The molecule has 0 aliphatic carbocycles. The fourth-order valence-electron chi connectivity index (χ4n) is 0.655. The molecule has 3 nitrogen and oxygen atoms in total. The number of nitrogens with two attached hydrogens (primary N) is 1. The Kier molecular flexibility index (Phi) is 2.02. The van der Waals surface area contributed by atoms with Gasteiger partial charge in [-0.15, -0.1) is 0 Å². The Morgan fingerprint density at radius 2 is 1.90 bits per heavy atom. The maximum atomic E-state index is 10.7. The average Bonchev–Trinajstić information content (AvgIpc) is 2.05. The number of amides is 1. The molecule has 10 heavy (non-hydrogen) atoms. The zero-order valence-electron chi connectivity index (χ0n) is 5.32. The molecule has 1 aromatic carbocycles. The molecule has 0 spiro atoms. The lowest BCUT2D eigenvalue weighted by Gasteiger charge is -1.93. The van der Waals surface area contributed by atoms with E-state index in [0.717, 1.165) is 0 Å². The molecule has 0 bridgehead atoms. The summed E-state index contributed by atoms with van der Waals surface area (Å²) in [5.41, 5.74) is 3.54. The Bertz CT molecular complexity index is 220. The third-order valence-electron chi connectivity index (χ3n) is 1.14. The van der Waals surface area contributed by atoms with Gasteiger partial charge in [0.2, 0.25) is 0 Å². The van der Waals surface area contributed by atoms with Crippen LogP contribution in [0.15, 0.2) is 30.3 Å². The fourth-order valence-corrected chi connectivity index (χ4v) is 0.655. The molecule has 0 atom stereocenters. The number of rotatable bonds is 1. The van der Waals surface area contributed by atoms with E-state index in [2.05, 4.69) is 5.43 Å². The van der Waals surface area contributed by atoms with Gasteiger partial charge >= 0.3 is 0 Å². The molecule has 1 rings (SSSR count). The quantitative estimate of drug-likeness (QED) is 0.342. The molecule has 0 saturated carbocycles. The van der Waals surface area contributed by atoms with Crippen LogP contribution in [0.4, 0.5) is 0 Å². The molecule has 1 amide bonds. The number of nitrogens with zero attached hydrogens (tertiary/aromatic N) is 1. The first-order valence-electron chi connectivity index (χ1n) is 2.85. The van der Waals surface area contributed by atoms with Crippen LogP contribution in [0.25, 0.3) is 0 Å². The van der Waals surface area contributed by atoms with Crippen LogP contribution >= 0.6 is 0 Å². The molecule has 0 unspecified atom stereocenters. The number of hydrogen-bond donors (Lipinski definition) is 1. The monoisotopic (exact) mass is 135 g/mol. The smallest absolute Gasteiger partial charge is 0.266 e. The molecule has 0 fully saturated rings. The fraction of sp³-hybridized carbons (Fsp3) is 0. The zero-order valence-corrected chi connectivity index (χ0v) is 5.32. The third-order valence-corrected chi connectivity index (χ3v) is 1.14. The van der Waals surface area contributed by atoms with Crippen molar-refractivity contribution in [2.45, 2.75) is 0 Å². The molecular formula is C7H7N2O. The second-order valence-electron chi connectivity index (χ2n) is 1.80. The van der Waals surface area contributed by atoms with Gasteiger partial charge in [0.05, 0.1) is 0 Å². The normalized spacial score (nSPS) is 8.90. The standard InChI is InChI=1S/C7H7N2O/c8-9-7(10)6-4-2-1-3-5-6/h1-5H,8H2. The molecule has 0 aliphatic rings. The molecule has 0 heterocycles. The van der Waals surface area contributed by atoms with Gasteiger partial charge in [-0.2, -0.15) is 5.43 Å². The minimum Gasteiger partial charge on any atom is -0.266 e. The summed E-state index contributed by atoms with van der Waals surface area (Å²) in [6, 6.07) is 8.68. The van der Waals surface area contributed by atoms with Gasteiger partial charge in [-0.3, -0.25) is 4.79 Å². The van der Waals surface area contributed by atoms with Crippen LogP contribution in [0, 0.1) is 0 Å². The van der Waals surface area contributed by atoms with Crippen LogP contribution in [0.1, 0.15) is 10.4 Å². The van der Waals surface area contributed by atoms with Gasteiger partial charge in [0, 0.05) is 5.56 Å². The van der Waals surface area contributed by atoms with Gasteiger partial charge in [0.25, 0.3) is 5.91 Å². The van der Waals surface area contributed by atoms with E-state index < -0.39 is 0 Å². The summed E-state index contributed by atoms with van der Waals surface area (Å²) in [7, 11) is 0. The zero-order chi connectivity index (χ0) is 7.40. The average molecular weight is 135 g/mol. The molecule has 0 saturated heterocycles. The molecule has 2 N–H and O–H groups in total. The van der Waals surface area contributed by atoms with E-state index in [9.17, 15) is 4.79 Å². The summed E-state index contributed by atoms with van der Waals surface area (Å²) in [6.45, 7) is 0. The van der Waals surface area contributed by atoms with Crippen LogP contribution in [-0.4, -0.2) is 5.91 Å². The number of benzene rings is 1. The van der Waals surface area contributed by atoms with Crippen molar-refractivity contribution in [3.05, 3.63) is 35.9 Å². The molecule has 3 heteroatoms. The first kappa shape index (κ1) is 6.77. The van der Waals surface area contributed by atoms with Crippen LogP contribution in [0.3, 0.4) is 0 Å². The van der Waals surface area contributed by atoms with Crippen molar-refractivity contribution in [3.63, 3.8) is 0 Å². The van der Waals surface area contributed by atoms with Crippen molar-refractivity contribution < 1.29 is 4.79 Å². The van der Waals surface area contributed by atoms with E-state index in [1.54, 1.807) is 24.3 Å². The predicted octanol–water partition coefficient (Wildman–Crippen LogP) is 0.305. The first-order valence-corrected chi connectivity index (χ1v) is 2.85. The van der Waals surface area contributed by atoms with E-state index >= 15 is 0 Å².